The summed E-state index contributed by atoms with van der Waals surface area (Å²) in [4.78, 5) is 0.404. The van der Waals surface area contributed by atoms with Gasteiger partial charge in [-0.25, -0.2) is 0 Å². The Morgan fingerprint density at radius 1 is 0.800 bits per heavy atom. The van der Waals surface area contributed by atoms with Crippen molar-refractivity contribution in [1.82, 2.24) is 0 Å². The molecule has 15 heavy (non-hydrogen) atoms. The van der Waals surface area contributed by atoms with E-state index in [-0.39, 0.29) is 0 Å². The quantitative estimate of drug-likeness (QED) is 0.720. The highest BCUT2D eigenvalue weighted by atomic mass is 79.9. The molecule has 0 saturated carbocycles. The molecule has 0 aliphatic carbocycles. The number of rotatable bonds is 3. The summed E-state index contributed by atoms with van der Waals surface area (Å²) in [5.74, 6) is 0. The van der Waals surface area contributed by atoms with Gasteiger partial charge in [0.2, 0.25) is 0 Å². The van der Waals surface area contributed by atoms with E-state index >= 15 is 0 Å². The maximum Gasteiger partial charge on any atom is 0.0435 e. The summed E-state index contributed by atoms with van der Waals surface area (Å²) in [6, 6.07) is 21.1. The van der Waals surface area contributed by atoms with Crippen molar-refractivity contribution in [3.63, 3.8) is 0 Å². The zero-order chi connectivity index (χ0) is 10.5. The van der Waals surface area contributed by atoms with Crippen LogP contribution in [0.25, 0.3) is 0 Å². The van der Waals surface area contributed by atoms with Crippen molar-refractivity contribution in [1.29, 1.82) is 0 Å². The molecule has 0 aliphatic rings. The molecule has 76 valence electrons. The van der Waals surface area contributed by atoms with Crippen LogP contribution >= 0.6 is 15.9 Å². The van der Waals surface area contributed by atoms with Gasteiger partial charge in [0.1, 0.15) is 0 Å². The molecule has 0 heterocycles. The molecule has 0 radical (unpaired) electrons. The van der Waals surface area contributed by atoms with Crippen LogP contribution in [-0.2, 0) is 6.42 Å². The number of benzene rings is 2. The van der Waals surface area contributed by atoms with Crippen molar-refractivity contribution in [3.8, 4) is 0 Å². The summed E-state index contributed by atoms with van der Waals surface area (Å²) in [5.41, 5.74) is 2.70. The largest absolute Gasteiger partial charge is 0.0835 e. The summed E-state index contributed by atoms with van der Waals surface area (Å²) in [5, 5.41) is 0. The van der Waals surface area contributed by atoms with E-state index in [2.05, 4.69) is 70.5 Å². The highest BCUT2D eigenvalue weighted by Gasteiger charge is 2.06. The highest BCUT2D eigenvalue weighted by Crippen LogP contribution is 2.26. The van der Waals surface area contributed by atoms with Crippen LogP contribution in [0.1, 0.15) is 16.0 Å². The van der Waals surface area contributed by atoms with E-state index in [9.17, 15) is 0 Å². The Morgan fingerprint density at radius 2 is 1.33 bits per heavy atom. The maximum atomic E-state index is 3.72. The minimum atomic E-state index is 0.404. The molecule has 0 aromatic heterocycles. The first-order valence-electron chi connectivity index (χ1n) is 5.09. The summed E-state index contributed by atoms with van der Waals surface area (Å²) in [6.07, 6.45) is 1.03. The average Bonchev–Trinajstić information content (AvgIpc) is 2.31. The molecule has 0 amide bonds. The van der Waals surface area contributed by atoms with E-state index in [1.165, 1.54) is 11.1 Å². The smallest absolute Gasteiger partial charge is 0.0435 e. The van der Waals surface area contributed by atoms with E-state index in [0.29, 0.717) is 4.83 Å². The molecule has 2 rings (SSSR count). The van der Waals surface area contributed by atoms with Crippen LogP contribution < -0.4 is 0 Å². The van der Waals surface area contributed by atoms with Crippen LogP contribution in [0.3, 0.4) is 0 Å². The van der Waals surface area contributed by atoms with Crippen LogP contribution in [0.2, 0.25) is 0 Å². The minimum absolute atomic E-state index is 0.404. The van der Waals surface area contributed by atoms with Gasteiger partial charge in [0.15, 0.2) is 0 Å². The molecule has 1 heteroatoms. The summed E-state index contributed by atoms with van der Waals surface area (Å²) < 4.78 is 0. The predicted molar refractivity (Wildman–Crippen MR) is 68.3 cm³/mol. The Balaban J connectivity index is 2.08. The molecule has 0 saturated heterocycles. The predicted octanol–water partition coefficient (Wildman–Crippen LogP) is 4.37. The molecular weight excluding hydrogens is 248 g/mol. The second-order valence-electron chi connectivity index (χ2n) is 3.57. The van der Waals surface area contributed by atoms with Crippen molar-refractivity contribution in [2.45, 2.75) is 11.2 Å². The number of hydrogen-bond donors (Lipinski definition) is 0. The number of hydrogen-bond acceptors (Lipinski definition) is 0. The van der Waals surface area contributed by atoms with Gasteiger partial charge in [0.05, 0.1) is 0 Å². The van der Waals surface area contributed by atoms with Gasteiger partial charge in [-0.05, 0) is 17.5 Å². The van der Waals surface area contributed by atoms with Gasteiger partial charge in [0, 0.05) is 4.83 Å². The first-order valence-corrected chi connectivity index (χ1v) is 6.01. The Labute approximate surface area is 99.1 Å². The zero-order valence-corrected chi connectivity index (χ0v) is 10.0. The van der Waals surface area contributed by atoms with Crippen molar-refractivity contribution in [2.24, 2.45) is 0 Å². The SMILES string of the molecule is BrC(Cc1ccccc1)c1ccccc1. The third-order valence-corrected chi connectivity index (χ3v) is 3.27. The molecule has 0 aliphatic heterocycles. The first kappa shape index (κ1) is 10.4. The Bertz CT molecular complexity index is 394. The number of halogens is 1. The van der Waals surface area contributed by atoms with Gasteiger partial charge in [-0.2, -0.15) is 0 Å². The van der Waals surface area contributed by atoms with E-state index in [1.54, 1.807) is 0 Å². The van der Waals surface area contributed by atoms with Gasteiger partial charge >= 0.3 is 0 Å². The fourth-order valence-electron chi connectivity index (χ4n) is 1.60. The first-order chi connectivity index (χ1) is 7.36. The number of alkyl halides is 1. The Morgan fingerprint density at radius 3 is 1.93 bits per heavy atom. The minimum Gasteiger partial charge on any atom is -0.0835 e. The van der Waals surface area contributed by atoms with E-state index in [1.807, 2.05) is 6.07 Å². The zero-order valence-electron chi connectivity index (χ0n) is 8.44. The van der Waals surface area contributed by atoms with Crippen LogP contribution in [0.5, 0.6) is 0 Å². The summed E-state index contributed by atoms with van der Waals surface area (Å²) >= 11 is 3.72. The molecule has 0 spiro atoms. The highest BCUT2D eigenvalue weighted by molar-refractivity contribution is 9.09. The van der Waals surface area contributed by atoms with Crippen LogP contribution in [0.15, 0.2) is 60.7 Å². The molecule has 0 fully saturated rings. The lowest BCUT2D eigenvalue weighted by Crippen LogP contribution is -1.94. The van der Waals surface area contributed by atoms with Crippen molar-refractivity contribution < 1.29 is 0 Å². The van der Waals surface area contributed by atoms with Crippen molar-refractivity contribution >= 4 is 15.9 Å². The van der Waals surface area contributed by atoms with Crippen LogP contribution in [0.4, 0.5) is 0 Å². The molecule has 0 N–H and O–H groups in total. The van der Waals surface area contributed by atoms with Crippen molar-refractivity contribution in [2.75, 3.05) is 0 Å². The molecule has 2 aromatic carbocycles. The van der Waals surface area contributed by atoms with Gasteiger partial charge in [-0.1, -0.05) is 76.6 Å². The molecule has 0 nitrogen and oxygen atoms in total. The Kier molecular flexibility index (Phi) is 3.57. The lowest BCUT2D eigenvalue weighted by atomic mass is 10.0. The second kappa shape index (κ2) is 5.13. The maximum absolute atomic E-state index is 3.72. The Hall–Kier alpha value is -1.08. The normalized spacial score (nSPS) is 12.3. The molecular formula is C14H13Br. The second-order valence-corrected chi connectivity index (χ2v) is 4.67. The fourth-order valence-corrected chi connectivity index (χ4v) is 2.28. The monoisotopic (exact) mass is 260 g/mol. The van der Waals surface area contributed by atoms with Gasteiger partial charge < -0.3 is 0 Å². The van der Waals surface area contributed by atoms with Gasteiger partial charge in [0.25, 0.3) is 0 Å². The third-order valence-electron chi connectivity index (χ3n) is 2.42. The summed E-state index contributed by atoms with van der Waals surface area (Å²) in [7, 11) is 0. The lowest BCUT2D eigenvalue weighted by molar-refractivity contribution is 0.949. The molecule has 0 bridgehead atoms. The van der Waals surface area contributed by atoms with Crippen LogP contribution in [-0.4, -0.2) is 0 Å². The summed E-state index contributed by atoms with van der Waals surface area (Å²) in [6.45, 7) is 0. The third kappa shape index (κ3) is 2.93. The van der Waals surface area contributed by atoms with Crippen molar-refractivity contribution in [3.05, 3.63) is 71.8 Å². The standard InChI is InChI=1S/C14H13Br/c15-14(13-9-5-2-6-10-13)11-12-7-3-1-4-8-12/h1-10,14H,11H2. The average molecular weight is 261 g/mol. The molecule has 2 aromatic rings. The van der Waals surface area contributed by atoms with E-state index < -0.39 is 0 Å². The van der Waals surface area contributed by atoms with E-state index in [0.717, 1.165) is 6.42 Å². The van der Waals surface area contributed by atoms with Gasteiger partial charge in [-0.15, -0.1) is 0 Å². The fraction of sp³-hybridized carbons (Fsp3) is 0.143. The lowest BCUT2D eigenvalue weighted by Gasteiger charge is -2.09. The molecule has 1 atom stereocenters. The topological polar surface area (TPSA) is 0 Å². The van der Waals surface area contributed by atoms with E-state index in [4.69, 9.17) is 0 Å². The van der Waals surface area contributed by atoms with Gasteiger partial charge in [-0.3, -0.25) is 0 Å². The van der Waals surface area contributed by atoms with Crippen LogP contribution in [0, 0.1) is 0 Å². The molecule has 1 unspecified atom stereocenters.